The lowest BCUT2D eigenvalue weighted by molar-refractivity contribution is 0.589. The maximum absolute atomic E-state index is 4.49. The minimum Gasteiger partial charge on any atom is -0.349 e. The molecule has 1 aromatic carbocycles. The van der Waals surface area contributed by atoms with Crippen LogP contribution >= 0.6 is 0 Å². The summed E-state index contributed by atoms with van der Waals surface area (Å²) in [5.74, 6) is 0. The largest absolute Gasteiger partial charge is 0.349 e. The van der Waals surface area contributed by atoms with Gasteiger partial charge in [-0.25, -0.2) is 0 Å². The highest BCUT2D eigenvalue weighted by Crippen LogP contribution is 2.15. The number of rotatable bonds is 3. The lowest BCUT2D eigenvalue weighted by atomic mass is 10.2. The first-order valence-corrected chi connectivity index (χ1v) is 6.35. The predicted molar refractivity (Wildman–Crippen MR) is 78.0 cm³/mol. The monoisotopic (exact) mass is 240 g/mol. The number of benzene rings is 1. The van der Waals surface area contributed by atoms with Crippen LogP contribution in [0.15, 0.2) is 41.5 Å². The highest BCUT2D eigenvalue weighted by molar-refractivity contribution is 5.82. The van der Waals surface area contributed by atoms with Gasteiger partial charge in [-0.05, 0) is 45.9 Å². The van der Waals surface area contributed by atoms with E-state index in [2.05, 4.69) is 61.7 Å². The number of aromatic nitrogens is 1. The first-order valence-electron chi connectivity index (χ1n) is 6.35. The lowest BCUT2D eigenvalue weighted by Crippen LogP contribution is -2.00. The van der Waals surface area contributed by atoms with Gasteiger partial charge in [0.1, 0.15) is 0 Å². The summed E-state index contributed by atoms with van der Waals surface area (Å²) in [5.41, 5.74) is 4.68. The van der Waals surface area contributed by atoms with Crippen molar-refractivity contribution in [1.82, 2.24) is 4.57 Å². The van der Waals surface area contributed by atoms with Crippen molar-refractivity contribution in [3.05, 3.63) is 53.3 Å². The van der Waals surface area contributed by atoms with Gasteiger partial charge in [0.05, 0.1) is 5.69 Å². The molecule has 1 heterocycles. The molecule has 2 rings (SSSR count). The lowest BCUT2D eigenvalue weighted by Gasteiger charge is -2.08. The molecule has 0 spiro atoms. The average Bonchev–Trinajstić information content (AvgIpc) is 2.70. The minimum absolute atomic E-state index is 0.492. The first kappa shape index (κ1) is 12.6. The zero-order valence-electron chi connectivity index (χ0n) is 11.5. The Labute approximate surface area is 109 Å². The maximum Gasteiger partial charge on any atom is 0.0630 e. The molecule has 0 atom stereocenters. The molecule has 0 aliphatic carbocycles. The zero-order chi connectivity index (χ0) is 13.1. The van der Waals surface area contributed by atoms with Gasteiger partial charge in [-0.3, -0.25) is 4.99 Å². The van der Waals surface area contributed by atoms with Crippen molar-refractivity contribution in [3.63, 3.8) is 0 Å². The van der Waals surface area contributed by atoms with Gasteiger partial charge < -0.3 is 4.57 Å². The van der Waals surface area contributed by atoms with E-state index < -0.39 is 0 Å². The second-order valence-electron chi connectivity index (χ2n) is 5.01. The van der Waals surface area contributed by atoms with Crippen molar-refractivity contribution < 1.29 is 0 Å². The van der Waals surface area contributed by atoms with E-state index in [-0.39, 0.29) is 0 Å². The summed E-state index contributed by atoms with van der Waals surface area (Å²) in [6.07, 6.45) is 4.08. The van der Waals surface area contributed by atoms with Gasteiger partial charge in [-0.1, -0.05) is 17.7 Å². The number of nitrogens with zero attached hydrogens (tertiary/aromatic N) is 2. The summed E-state index contributed by atoms with van der Waals surface area (Å²) in [6, 6.07) is 10.9. The van der Waals surface area contributed by atoms with E-state index >= 15 is 0 Å². The van der Waals surface area contributed by atoms with E-state index in [4.69, 9.17) is 0 Å². The van der Waals surface area contributed by atoms with E-state index in [9.17, 15) is 0 Å². The Balaban J connectivity index is 2.18. The van der Waals surface area contributed by atoms with Crippen LogP contribution in [0.1, 0.15) is 36.7 Å². The van der Waals surface area contributed by atoms with Crippen molar-refractivity contribution in [1.29, 1.82) is 0 Å². The van der Waals surface area contributed by atoms with E-state index in [1.165, 1.54) is 11.3 Å². The van der Waals surface area contributed by atoms with E-state index in [0.717, 1.165) is 11.3 Å². The fraction of sp³-hybridized carbons (Fsp3) is 0.312. The van der Waals surface area contributed by atoms with Crippen molar-refractivity contribution in [3.8, 4) is 0 Å². The van der Waals surface area contributed by atoms with Crippen LogP contribution in [-0.4, -0.2) is 10.8 Å². The highest BCUT2D eigenvalue weighted by atomic mass is 15.0. The normalized spacial score (nSPS) is 11.6. The Morgan fingerprint density at radius 3 is 2.33 bits per heavy atom. The molecule has 0 bridgehead atoms. The molecule has 0 saturated carbocycles. The van der Waals surface area contributed by atoms with Crippen LogP contribution in [0.5, 0.6) is 0 Å². The quantitative estimate of drug-likeness (QED) is 0.706. The van der Waals surface area contributed by atoms with E-state index in [1.54, 1.807) is 0 Å². The van der Waals surface area contributed by atoms with Crippen LogP contribution in [0.2, 0.25) is 0 Å². The second-order valence-corrected chi connectivity index (χ2v) is 5.01. The average molecular weight is 240 g/mol. The Hall–Kier alpha value is -1.83. The third-order valence-corrected chi connectivity index (χ3v) is 3.02. The molecule has 0 unspecified atom stereocenters. The minimum atomic E-state index is 0.492. The Morgan fingerprint density at radius 1 is 1.11 bits per heavy atom. The van der Waals surface area contributed by atoms with Gasteiger partial charge in [-0.15, -0.1) is 0 Å². The van der Waals surface area contributed by atoms with Gasteiger partial charge >= 0.3 is 0 Å². The highest BCUT2D eigenvalue weighted by Gasteiger charge is 2.03. The van der Waals surface area contributed by atoms with Gasteiger partial charge in [-0.2, -0.15) is 0 Å². The van der Waals surface area contributed by atoms with Crippen LogP contribution in [0.4, 0.5) is 5.69 Å². The maximum atomic E-state index is 4.49. The first-order chi connectivity index (χ1) is 8.56. The zero-order valence-corrected chi connectivity index (χ0v) is 11.5. The molecule has 0 amide bonds. The van der Waals surface area contributed by atoms with Crippen molar-refractivity contribution in [2.75, 3.05) is 0 Å². The number of aryl methyl sites for hydroxylation is 2. The molecular weight excluding hydrogens is 220 g/mol. The molecule has 0 saturated heterocycles. The topological polar surface area (TPSA) is 17.3 Å². The third-order valence-electron chi connectivity index (χ3n) is 3.02. The summed E-state index contributed by atoms with van der Waals surface area (Å²) in [6.45, 7) is 8.59. The molecule has 1 aromatic heterocycles. The van der Waals surface area contributed by atoms with Crippen LogP contribution in [0.25, 0.3) is 0 Å². The fourth-order valence-corrected chi connectivity index (χ4v) is 2.02. The Bertz CT molecular complexity index is 545. The van der Waals surface area contributed by atoms with Gasteiger partial charge in [0.2, 0.25) is 0 Å². The number of hydrogen-bond acceptors (Lipinski definition) is 1. The van der Waals surface area contributed by atoms with Crippen LogP contribution in [0, 0.1) is 13.8 Å². The van der Waals surface area contributed by atoms with Gasteiger partial charge in [0, 0.05) is 29.7 Å². The molecule has 2 nitrogen and oxygen atoms in total. The van der Waals surface area contributed by atoms with Crippen molar-refractivity contribution in [2.45, 2.75) is 33.7 Å². The predicted octanol–water partition coefficient (Wildman–Crippen LogP) is 4.44. The van der Waals surface area contributed by atoms with Gasteiger partial charge in [0.25, 0.3) is 0 Å². The summed E-state index contributed by atoms with van der Waals surface area (Å²) in [5, 5.41) is 0. The number of hydrogen-bond donors (Lipinski definition) is 0. The standard InChI is InChI=1S/C16H20N2/c1-12(2)18-11-15(9-14(18)4)10-17-16-7-5-13(3)6-8-16/h5-12H,1-4H3. The molecule has 0 fully saturated rings. The molecule has 2 heteroatoms. The van der Waals surface area contributed by atoms with Crippen LogP contribution < -0.4 is 0 Å². The number of aliphatic imine (C=N–C) groups is 1. The third kappa shape index (κ3) is 2.89. The molecule has 2 aromatic rings. The Kier molecular flexibility index (Phi) is 3.66. The second kappa shape index (κ2) is 5.21. The van der Waals surface area contributed by atoms with Crippen molar-refractivity contribution >= 4 is 11.9 Å². The van der Waals surface area contributed by atoms with E-state index in [0.29, 0.717) is 6.04 Å². The van der Waals surface area contributed by atoms with Crippen LogP contribution in [-0.2, 0) is 0 Å². The summed E-state index contributed by atoms with van der Waals surface area (Å²) in [7, 11) is 0. The molecule has 0 aliphatic rings. The molecule has 18 heavy (non-hydrogen) atoms. The molecule has 0 radical (unpaired) electrons. The molecule has 0 aliphatic heterocycles. The molecular formula is C16H20N2. The SMILES string of the molecule is Cc1ccc(N=Cc2cc(C)n(C(C)C)c2)cc1. The van der Waals surface area contributed by atoms with E-state index in [1.807, 2.05) is 18.3 Å². The smallest absolute Gasteiger partial charge is 0.0630 e. The Morgan fingerprint density at radius 2 is 1.78 bits per heavy atom. The van der Waals surface area contributed by atoms with Crippen LogP contribution in [0.3, 0.4) is 0 Å². The summed E-state index contributed by atoms with van der Waals surface area (Å²) in [4.78, 5) is 4.49. The fourth-order valence-electron chi connectivity index (χ4n) is 2.02. The summed E-state index contributed by atoms with van der Waals surface area (Å²) < 4.78 is 2.26. The molecule has 94 valence electrons. The summed E-state index contributed by atoms with van der Waals surface area (Å²) >= 11 is 0. The molecule has 0 N–H and O–H groups in total. The van der Waals surface area contributed by atoms with Crippen molar-refractivity contribution in [2.24, 2.45) is 4.99 Å². The van der Waals surface area contributed by atoms with Gasteiger partial charge in [0.15, 0.2) is 0 Å².